The van der Waals surface area contributed by atoms with Crippen LogP contribution in [0.15, 0.2) is 52.7 Å². The van der Waals surface area contributed by atoms with Crippen LogP contribution in [0.3, 0.4) is 0 Å². The first-order valence-electron chi connectivity index (χ1n) is 9.01. The highest BCUT2D eigenvalue weighted by molar-refractivity contribution is 6.08. The molecule has 4 rings (SSSR count). The number of H-pyrrole nitrogens is 1. The molecule has 3 aromatic rings. The Hall–Kier alpha value is -3.61. The summed E-state index contributed by atoms with van der Waals surface area (Å²) in [5, 5.41) is 12.0. The highest BCUT2D eigenvalue weighted by Gasteiger charge is 2.19. The number of nitrogens with zero attached hydrogens (tertiary/aromatic N) is 2. The average molecular weight is 375 g/mol. The number of nitrogens with two attached hydrogens (primary N) is 1. The van der Waals surface area contributed by atoms with Crippen LogP contribution < -0.4 is 15.8 Å². The SMILES string of the molecule is COc1ccc2[nH]c(C(=O)Nc3ccc4c(c3)CC/C4=N\N=C(C)N)cc2c1. The van der Waals surface area contributed by atoms with E-state index in [4.69, 9.17) is 10.5 Å². The predicted octanol–water partition coefficient (Wildman–Crippen LogP) is 3.46. The summed E-state index contributed by atoms with van der Waals surface area (Å²) in [6, 6.07) is 13.3. The van der Waals surface area contributed by atoms with Gasteiger partial charge in [-0.1, -0.05) is 6.07 Å². The van der Waals surface area contributed by atoms with Gasteiger partial charge in [-0.15, -0.1) is 5.10 Å². The van der Waals surface area contributed by atoms with Crippen molar-refractivity contribution in [2.45, 2.75) is 19.8 Å². The summed E-state index contributed by atoms with van der Waals surface area (Å²) in [4.78, 5) is 15.8. The molecule has 142 valence electrons. The van der Waals surface area contributed by atoms with Gasteiger partial charge in [0.05, 0.1) is 12.8 Å². The Morgan fingerprint density at radius 1 is 1.18 bits per heavy atom. The van der Waals surface area contributed by atoms with Gasteiger partial charge in [0.1, 0.15) is 17.3 Å². The van der Waals surface area contributed by atoms with Crippen molar-refractivity contribution in [2.24, 2.45) is 15.9 Å². The van der Waals surface area contributed by atoms with Crippen LogP contribution in [0.2, 0.25) is 0 Å². The third kappa shape index (κ3) is 3.46. The lowest BCUT2D eigenvalue weighted by Gasteiger charge is -2.06. The van der Waals surface area contributed by atoms with E-state index >= 15 is 0 Å². The molecule has 1 heterocycles. The number of fused-ring (bicyclic) bond motifs is 2. The van der Waals surface area contributed by atoms with Crippen molar-refractivity contribution in [3.05, 3.63) is 59.3 Å². The lowest BCUT2D eigenvalue weighted by atomic mass is 10.1. The summed E-state index contributed by atoms with van der Waals surface area (Å²) in [6.45, 7) is 1.71. The van der Waals surface area contributed by atoms with Gasteiger partial charge in [0.15, 0.2) is 0 Å². The second-order valence-electron chi connectivity index (χ2n) is 6.75. The number of aromatic amines is 1. The van der Waals surface area contributed by atoms with Gasteiger partial charge in [-0.3, -0.25) is 4.79 Å². The minimum Gasteiger partial charge on any atom is -0.497 e. The summed E-state index contributed by atoms with van der Waals surface area (Å²) >= 11 is 0. The number of anilines is 1. The average Bonchev–Trinajstić information content (AvgIpc) is 3.29. The van der Waals surface area contributed by atoms with Crippen LogP contribution in [0.25, 0.3) is 10.9 Å². The van der Waals surface area contributed by atoms with Gasteiger partial charge in [0.2, 0.25) is 0 Å². The molecule has 2 aromatic carbocycles. The number of amidine groups is 1. The molecule has 0 spiro atoms. The standard InChI is InChI=1S/C21H21N5O2/c1-12(22)25-26-19-7-3-13-9-15(4-6-17(13)19)23-21(27)20-11-14-10-16(28-2)5-8-18(14)24-20/h4-6,8-11,24H,3,7H2,1-2H3,(H2,22,25)(H,23,27)/b26-19+. The summed E-state index contributed by atoms with van der Waals surface area (Å²) in [5.41, 5.74) is 10.8. The van der Waals surface area contributed by atoms with E-state index in [9.17, 15) is 4.79 Å². The number of hydrogen-bond acceptors (Lipinski definition) is 4. The normalized spacial score (nSPS) is 15.1. The molecule has 28 heavy (non-hydrogen) atoms. The van der Waals surface area contributed by atoms with Crippen LogP contribution >= 0.6 is 0 Å². The molecule has 0 fully saturated rings. The molecule has 0 bridgehead atoms. The predicted molar refractivity (Wildman–Crippen MR) is 111 cm³/mol. The molecule has 0 radical (unpaired) electrons. The third-order valence-electron chi connectivity index (χ3n) is 4.71. The Morgan fingerprint density at radius 3 is 2.82 bits per heavy atom. The lowest BCUT2D eigenvalue weighted by Crippen LogP contribution is -2.12. The molecule has 0 aliphatic heterocycles. The van der Waals surface area contributed by atoms with Gasteiger partial charge in [-0.25, -0.2) is 0 Å². The van der Waals surface area contributed by atoms with Crippen molar-refractivity contribution in [2.75, 3.05) is 12.4 Å². The highest BCUT2D eigenvalue weighted by atomic mass is 16.5. The second-order valence-corrected chi connectivity index (χ2v) is 6.75. The fourth-order valence-electron chi connectivity index (χ4n) is 3.35. The van der Waals surface area contributed by atoms with Crippen LogP contribution in [0, 0.1) is 0 Å². The number of aromatic nitrogens is 1. The summed E-state index contributed by atoms with van der Waals surface area (Å²) in [6.07, 6.45) is 1.68. The van der Waals surface area contributed by atoms with E-state index in [2.05, 4.69) is 20.5 Å². The molecule has 1 aliphatic carbocycles. The Bertz CT molecular complexity index is 1120. The van der Waals surface area contributed by atoms with E-state index in [0.717, 1.165) is 52.0 Å². The van der Waals surface area contributed by atoms with Crippen molar-refractivity contribution in [1.29, 1.82) is 0 Å². The summed E-state index contributed by atoms with van der Waals surface area (Å²) < 4.78 is 5.23. The maximum absolute atomic E-state index is 12.7. The maximum Gasteiger partial charge on any atom is 0.272 e. The second kappa shape index (κ2) is 7.19. The fraction of sp³-hybridized carbons (Fsp3) is 0.190. The summed E-state index contributed by atoms with van der Waals surface area (Å²) in [7, 11) is 1.62. The third-order valence-corrected chi connectivity index (χ3v) is 4.71. The lowest BCUT2D eigenvalue weighted by molar-refractivity contribution is 0.102. The van der Waals surface area contributed by atoms with Crippen molar-refractivity contribution in [3.8, 4) is 5.75 Å². The van der Waals surface area contributed by atoms with Crippen LogP contribution in [0.1, 0.15) is 35.0 Å². The quantitative estimate of drug-likeness (QED) is 0.369. The van der Waals surface area contributed by atoms with E-state index in [0.29, 0.717) is 11.5 Å². The molecule has 0 saturated carbocycles. The molecule has 4 N–H and O–H groups in total. The Labute approximate surface area is 162 Å². The van der Waals surface area contributed by atoms with Gasteiger partial charge in [0.25, 0.3) is 5.91 Å². The van der Waals surface area contributed by atoms with Crippen LogP contribution in [0.5, 0.6) is 5.75 Å². The minimum absolute atomic E-state index is 0.189. The molecule has 0 atom stereocenters. The number of nitrogens with one attached hydrogen (secondary N) is 2. The first kappa shape index (κ1) is 17.8. The minimum atomic E-state index is -0.189. The molecular weight excluding hydrogens is 354 g/mol. The maximum atomic E-state index is 12.7. The van der Waals surface area contributed by atoms with Crippen molar-refractivity contribution in [3.63, 3.8) is 0 Å². The van der Waals surface area contributed by atoms with Crippen molar-refractivity contribution in [1.82, 2.24) is 4.98 Å². The van der Waals surface area contributed by atoms with Gasteiger partial charge in [-0.05, 0) is 61.7 Å². The number of aryl methyl sites for hydroxylation is 1. The van der Waals surface area contributed by atoms with E-state index in [1.165, 1.54) is 0 Å². The van der Waals surface area contributed by atoms with Crippen molar-refractivity contribution < 1.29 is 9.53 Å². The molecule has 1 aliphatic rings. The Balaban J connectivity index is 1.54. The molecular formula is C21H21N5O2. The molecule has 0 unspecified atom stereocenters. The van der Waals surface area contributed by atoms with Gasteiger partial charge < -0.3 is 20.8 Å². The number of methoxy groups -OCH3 is 1. The number of ether oxygens (including phenoxy) is 1. The number of hydrogen-bond donors (Lipinski definition) is 3. The number of carbonyl (C=O) groups is 1. The van der Waals surface area contributed by atoms with Crippen LogP contribution in [0.4, 0.5) is 5.69 Å². The van der Waals surface area contributed by atoms with Gasteiger partial charge in [0, 0.05) is 22.2 Å². The number of rotatable bonds is 4. The first-order chi connectivity index (χ1) is 13.5. The highest BCUT2D eigenvalue weighted by Crippen LogP contribution is 2.27. The molecule has 1 aromatic heterocycles. The zero-order valence-corrected chi connectivity index (χ0v) is 15.7. The molecule has 1 amide bonds. The molecule has 0 saturated heterocycles. The zero-order chi connectivity index (χ0) is 19.7. The molecule has 7 heteroatoms. The zero-order valence-electron chi connectivity index (χ0n) is 15.7. The van der Waals surface area contributed by atoms with Crippen LogP contribution in [-0.2, 0) is 6.42 Å². The van der Waals surface area contributed by atoms with E-state index < -0.39 is 0 Å². The van der Waals surface area contributed by atoms with E-state index in [1.54, 1.807) is 14.0 Å². The first-order valence-corrected chi connectivity index (χ1v) is 9.01. The topological polar surface area (TPSA) is 105 Å². The van der Waals surface area contributed by atoms with Crippen LogP contribution in [-0.4, -0.2) is 29.5 Å². The monoisotopic (exact) mass is 375 g/mol. The molecule has 7 nitrogen and oxygen atoms in total. The number of carbonyl (C=O) groups excluding carboxylic acids is 1. The van der Waals surface area contributed by atoms with E-state index in [-0.39, 0.29) is 5.91 Å². The van der Waals surface area contributed by atoms with Crippen molar-refractivity contribution >= 4 is 34.0 Å². The Morgan fingerprint density at radius 2 is 2.04 bits per heavy atom. The van der Waals surface area contributed by atoms with E-state index in [1.807, 2.05) is 42.5 Å². The van der Waals surface area contributed by atoms with Gasteiger partial charge >= 0.3 is 0 Å². The van der Waals surface area contributed by atoms with Gasteiger partial charge in [-0.2, -0.15) is 5.10 Å². The largest absolute Gasteiger partial charge is 0.497 e. The fourth-order valence-corrected chi connectivity index (χ4v) is 3.35. The summed E-state index contributed by atoms with van der Waals surface area (Å²) in [5.74, 6) is 0.995. The number of amides is 1. The Kier molecular flexibility index (Phi) is 4.57. The smallest absolute Gasteiger partial charge is 0.272 e. The number of benzene rings is 2.